The molecular weight excluding hydrogens is 322 g/mol. The van der Waals surface area contributed by atoms with E-state index in [0.717, 1.165) is 36.9 Å². The van der Waals surface area contributed by atoms with E-state index in [-0.39, 0.29) is 5.97 Å². The maximum atomic E-state index is 11.8. The number of piperidine rings is 1. The van der Waals surface area contributed by atoms with E-state index in [0.29, 0.717) is 5.92 Å². The number of rotatable bonds is 3. The molecule has 2 rings (SSSR count). The molecule has 1 aliphatic heterocycles. The van der Waals surface area contributed by atoms with Gasteiger partial charge in [0.2, 0.25) is 0 Å². The lowest BCUT2D eigenvalue weighted by Crippen LogP contribution is -2.39. The third-order valence-corrected chi connectivity index (χ3v) is 3.85. The summed E-state index contributed by atoms with van der Waals surface area (Å²) in [5.41, 5.74) is -0.446. The molecule has 0 atom stereocenters. The van der Waals surface area contributed by atoms with Crippen LogP contribution in [0.5, 0.6) is 0 Å². The van der Waals surface area contributed by atoms with Gasteiger partial charge in [-0.15, -0.1) is 5.06 Å². The molecule has 0 amide bonds. The van der Waals surface area contributed by atoms with Gasteiger partial charge < -0.3 is 4.84 Å². The van der Waals surface area contributed by atoms with Crippen molar-refractivity contribution in [2.45, 2.75) is 40.2 Å². The number of hydrogen-bond acceptors (Lipinski definition) is 4. The van der Waals surface area contributed by atoms with Gasteiger partial charge in [0, 0.05) is 25.8 Å². The first-order chi connectivity index (χ1) is 9.34. The molecule has 1 fully saturated rings. The summed E-state index contributed by atoms with van der Waals surface area (Å²) in [7, 11) is 0. The Morgan fingerprint density at radius 2 is 2.10 bits per heavy atom. The monoisotopic (exact) mass is 343 g/mol. The molecule has 6 heteroatoms. The molecule has 0 bridgehead atoms. The Hall–Kier alpha value is -0.880. The van der Waals surface area contributed by atoms with Gasteiger partial charge >= 0.3 is 5.97 Å². The van der Waals surface area contributed by atoms with Gasteiger partial charge in [0.25, 0.3) is 0 Å². The molecule has 0 N–H and O–H groups in total. The van der Waals surface area contributed by atoms with Gasteiger partial charge in [0.15, 0.2) is 0 Å². The minimum atomic E-state index is -0.446. The first kappa shape index (κ1) is 15.5. The Morgan fingerprint density at radius 3 is 2.60 bits per heavy atom. The molecule has 1 aromatic heterocycles. The lowest BCUT2D eigenvalue weighted by atomic mass is 9.97. The standard InChI is InChI=1S/C14H22BrN3O2/c1-14(2,3)13(19)20-18-6-4-11(5-7-18)9-17-10-12(15)8-16-17/h8,10-11H,4-7,9H2,1-3H3. The third-order valence-electron chi connectivity index (χ3n) is 3.44. The van der Waals surface area contributed by atoms with Gasteiger partial charge in [-0.25, -0.2) is 4.79 Å². The maximum absolute atomic E-state index is 11.8. The molecule has 112 valence electrons. The van der Waals surface area contributed by atoms with Gasteiger partial charge in [0.1, 0.15) is 0 Å². The molecule has 1 saturated heterocycles. The van der Waals surface area contributed by atoms with Crippen molar-refractivity contribution < 1.29 is 9.63 Å². The van der Waals surface area contributed by atoms with Crippen molar-refractivity contribution in [2.24, 2.45) is 11.3 Å². The van der Waals surface area contributed by atoms with E-state index in [4.69, 9.17) is 4.84 Å². The zero-order chi connectivity index (χ0) is 14.8. The number of carbonyl (C=O) groups excluding carboxylic acids is 1. The van der Waals surface area contributed by atoms with Crippen molar-refractivity contribution in [3.63, 3.8) is 0 Å². The third kappa shape index (κ3) is 4.31. The predicted molar refractivity (Wildman–Crippen MR) is 79.8 cm³/mol. The Bertz CT molecular complexity index is 459. The molecular formula is C14H22BrN3O2. The second-order valence-electron chi connectivity index (χ2n) is 6.38. The Labute approximate surface area is 128 Å². The van der Waals surface area contributed by atoms with E-state index in [1.165, 1.54) is 0 Å². The summed E-state index contributed by atoms with van der Waals surface area (Å²) in [6, 6.07) is 0. The van der Waals surface area contributed by atoms with Crippen molar-refractivity contribution >= 4 is 21.9 Å². The van der Waals surface area contributed by atoms with E-state index in [2.05, 4.69) is 21.0 Å². The molecule has 0 radical (unpaired) electrons. The van der Waals surface area contributed by atoms with E-state index >= 15 is 0 Å². The second kappa shape index (κ2) is 6.26. The Balaban J connectivity index is 1.76. The average Bonchev–Trinajstić information content (AvgIpc) is 2.76. The van der Waals surface area contributed by atoms with Crippen molar-refractivity contribution in [2.75, 3.05) is 13.1 Å². The summed E-state index contributed by atoms with van der Waals surface area (Å²) in [4.78, 5) is 17.2. The highest BCUT2D eigenvalue weighted by Gasteiger charge is 2.28. The Morgan fingerprint density at radius 1 is 1.45 bits per heavy atom. The van der Waals surface area contributed by atoms with E-state index in [1.54, 1.807) is 11.3 Å². The molecule has 2 heterocycles. The molecule has 1 aliphatic rings. The maximum Gasteiger partial charge on any atom is 0.330 e. The summed E-state index contributed by atoms with van der Waals surface area (Å²) in [6.45, 7) is 8.14. The molecule has 0 aliphatic carbocycles. The van der Waals surface area contributed by atoms with Crippen LogP contribution in [-0.2, 0) is 16.2 Å². The van der Waals surface area contributed by atoms with Crippen LogP contribution in [0.25, 0.3) is 0 Å². The van der Waals surface area contributed by atoms with Crippen molar-refractivity contribution in [3.8, 4) is 0 Å². The van der Waals surface area contributed by atoms with Gasteiger partial charge in [0.05, 0.1) is 16.1 Å². The zero-order valence-electron chi connectivity index (χ0n) is 12.3. The number of nitrogens with zero attached hydrogens (tertiary/aromatic N) is 3. The predicted octanol–water partition coefficient (Wildman–Crippen LogP) is 2.86. The molecule has 1 aromatic rings. The van der Waals surface area contributed by atoms with E-state index in [1.807, 2.05) is 31.6 Å². The van der Waals surface area contributed by atoms with Crippen LogP contribution in [0.15, 0.2) is 16.9 Å². The number of hydroxylamine groups is 2. The van der Waals surface area contributed by atoms with Crippen LogP contribution in [0, 0.1) is 11.3 Å². The van der Waals surface area contributed by atoms with Crippen LogP contribution in [-0.4, -0.2) is 33.9 Å². The molecule has 0 spiro atoms. The molecule has 0 saturated carbocycles. The van der Waals surface area contributed by atoms with E-state index < -0.39 is 5.41 Å². The first-order valence-corrected chi connectivity index (χ1v) is 7.79. The zero-order valence-corrected chi connectivity index (χ0v) is 13.9. The number of hydrogen-bond donors (Lipinski definition) is 0. The SMILES string of the molecule is CC(C)(C)C(=O)ON1CCC(Cn2cc(Br)cn2)CC1. The minimum Gasteiger partial charge on any atom is -0.367 e. The van der Waals surface area contributed by atoms with Crippen molar-refractivity contribution in [3.05, 3.63) is 16.9 Å². The largest absolute Gasteiger partial charge is 0.367 e. The van der Waals surface area contributed by atoms with Crippen molar-refractivity contribution in [1.82, 2.24) is 14.8 Å². The van der Waals surface area contributed by atoms with Gasteiger partial charge in [-0.1, -0.05) is 0 Å². The summed E-state index contributed by atoms with van der Waals surface area (Å²) in [5, 5.41) is 6.08. The smallest absolute Gasteiger partial charge is 0.330 e. The number of halogens is 1. The summed E-state index contributed by atoms with van der Waals surface area (Å²) < 4.78 is 2.97. The summed E-state index contributed by atoms with van der Waals surface area (Å²) in [5.74, 6) is 0.429. The molecule has 20 heavy (non-hydrogen) atoms. The molecule has 0 aromatic carbocycles. The van der Waals surface area contributed by atoms with Crippen LogP contribution in [0.4, 0.5) is 0 Å². The van der Waals surface area contributed by atoms with Crippen molar-refractivity contribution in [1.29, 1.82) is 0 Å². The van der Waals surface area contributed by atoms with Crippen LogP contribution in [0.2, 0.25) is 0 Å². The van der Waals surface area contributed by atoms with Crippen LogP contribution < -0.4 is 0 Å². The fraction of sp³-hybridized carbons (Fsp3) is 0.714. The minimum absolute atomic E-state index is 0.160. The second-order valence-corrected chi connectivity index (χ2v) is 7.30. The fourth-order valence-electron chi connectivity index (χ4n) is 2.14. The highest BCUT2D eigenvalue weighted by atomic mass is 79.9. The molecule has 5 nitrogen and oxygen atoms in total. The van der Waals surface area contributed by atoms with E-state index in [9.17, 15) is 4.79 Å². The lowest BCUT2D eigenvalue weighted by molar-refractivity contribution is -0.206. The molecule has 0 unspecified atom stereocenters. The normalized spacial score (nSPS) is 18.2. The highest BCUT2D eigenvalue weighted by Crippen LogP contribution is 2.22. The fourth-order valence-corrected chi connectivity index (χ4v) is 2.47. The van der Waals surface area contributed by atoms with Crippen LogP contribution in [0.3, 0.4) is 0 Å². The summed E-state index contributed by atoms with van der Waals surface area (Å²) >= 11 is 3.40. The van der Waals surface area contributed by atoms with Gasteiger partial charge in [-0.3, -0.25) is 4.68 Å². The Kier molecular flexibility index (Phi) is 4.86. The highest BCUT2D eigenvalue weighted by molar-refractivity contribution is 9.10. The first-order valence-electron chi connectivity index (χ1n) is 7.00. The number of aromatic nitrogens is 2. The topological polar surface area (TPSA) is 47.4 Å². The van der Waals surface area contributed by atoms with Crippen LogP contribution in [0.1, 0.15) is 33.6 Å². The van der Waals surface area contributed by atoms with Crippen LogP contribution >= 0.6 is 15.9 Å². The quantitative estimate of drug-likeness (QED) is 0.846. The van der Waals surface area contributed by atoms with Gasteiger partial charge in [-0.2, -0.15) is 5.10 Å². The summed E-state index contributed by atoms with van der Waals surface area (Å²) in [6.07, 6.45) is 5.84. The van der Waals surface area contributed by atoms with Gasteiger partial charge in [-0.05, 0) is 55.5 Å². The average molecular weight is 344 g/mol. The number of carbonyl (C=O) groups is 1. The lowest BCUT2D eigenvalue weighted by Gasteiger charge is -2.32.